The molecule has 2 rings (SSSR count). The Morgan fingerprint density at radius 1 is 1.12 bits per heavy atom. The van der Waals surface area contributed by atoms with Gasteiger partial charge in [-0.2, -0.15) is 0 Å². The zero-order chi connectivity index (χ0) is 19.3. The molecule has 0 heterocycles. The number of amides is 2. The minimum atomic E-state index is -0.518. The SMILES string of the molecule is CC1CCC(C(C)C)C(C[C@H](NC(=O)CN)C2CCCCC2)(C(N)=O)C1. The molecule has 3 unspecified atom stereocenters. The van der Waals surface area contributed by atoms with Crippen LogP contribution in [0.2, 0.25) is 0 Å². The Balaban J connectivity index is 2.31. The van der Waals surface area contributed by atoms with E-state index in [9.17, 15) is 9.59 Å². The zero-order valence-electron chi connectivity index (χ0n) is 16.9. The quantitative estimate of drug-likeness (QED) is 0.647. The highest BCUT2D eigenvalue weighted by Gasteiger charge is 2.50. The van der Waals surface area contributed by atoms with Crippen molar-refractivity contribution in [1.29, 1.82) is 0 Å². The van der Waals surface area contributed by atoms with Crippen LogP contribution < -0.4 is 16.8 Å². The van der Waals surface area contributed by atoms with Crippen molar-refractivity contribution in [3.63, 3.8) is 0 Å². The Morgan fingerprint density at radius 3 is 2.31 bits per heavy atom. The third kappa shape index (κ3) is 4.79. The van der Waals surface area contributed by atoms with E-state index in [-0.39, 0.29) is 30.3 Å². The molecule has 2 aliphatic rings. The van der Waals surface area contributed by atoms with E-state index in [2.05, 4.69) is 26.1 Å². The monoisotopic (exact) mass is 365 g/mol. The molecule has 26 heavy (non-hydrogen) atoms. The van der Waals surface area contributed by atoms with Crippen molar-refractivity contribution in [3.8, 4) is 0 Å². The van der Waals surface area contributed by atoms with Gasteiger partial charge in [-0.1, -0.05) is 46.5 Å². The molecular weight excluding hydrogens is 326 g/mol. The smallest absolute Gasteiger partial charge is 0.233 e. The minimum absolute atomic E-state index is 0.00317. The number of carbonyl (C=O) groups is 2. The molecule has 0 bridgehead atoms. The standard InChI is InChI=1S/C21H39N3O2/c1-14(2)17-10-9-15(3)11-21(17,20(23)26)12-18(24-19(25)13-22)16-7-5-4-6-8-16/h14-18H,4-13,22H2,1-3H3,(H2,23,26)(H,24,25)/t15?,17?,18-,21?/m0/s1. The van der Waals surface area contributed by atoms with Gasteiger partial charge in [-0.15, -0.1) is 0 Å². The molecule has 0 aromatic carbocycles. The van der Waals surface area contributed by atoms with Gasteiger partial charge in [0, 0.05) is 6.04 Å². The van der Waals surface area contributed by atoms with Gasteiger partial charge in [-0.05, 0) is 55.8 Å². The van der Waals surface area contributed by atoms with E-state index in [1.165, 1.54) is 19.3 Å². The van der Waals surface area contributed by atoms with Crippen molar-refractivity contribution >= 4 is 11.8 Å². The number of hydrogen-bond donors (Lipinski definition) is 3. The molecule has 0 saturated heterocycles. The van der Waals surface area contributed by atoms with E-state index in [0.717, 1.165) is 32.1 Å². The summed E-state index contributed by atoms with van der Waals surface area (Å²) in [6, 6.07) is 0.00500. The highest BCUT2D eigenvalue weighted by Crippen LogP contribution is 2.51. The van der Waals surface area contributed by atoms with Crippen molar-refractivity contribution in [2.75, 3.05) is 6.54 Å². The Kier molecular flexibility index (Phi) is 7.51. The average Bonchev–Trinajstić information content (AvgIpc) is 2.61. The van der Waals surface area contributed by atoms with Gasteiger partial charge in [-0.25, -0.2) is 0 Å². The van der Waals surface area contributed by atoms with Crippen LogP contribution in [0.25, 0.3) is 0 Å². The minimum Gasteiger partial charge on any atom is -0.369 e. The van der Waals surface area contributed by atoms with Gasteiger partial charge in [-0.3, -0.25) is 9.59 Å². The lowest BCUT2D eigenvalue weighted by Gasteiger charge is -2.49. The molecule has 2 fully saturated rings. The summed E-state index contributed by atoms with van der Waals surface area (Å²) < 4.78 is 0. The fraction of sp³-hybridized carbons (Fsp3) is 0.905. The van der Waals surface area contributed by atoms with Crippen LogP contribution in [0, 0.1) is 29.1 Å². The van der Waals surface area contributed by atoms with Gasteiger partial charge >= 0.3 is 0 Å². The topological polar surface area (TPSA) is 98.2 Å². The number of nitrogens with one attached hydrogen (secondary N) is 1. The summed E-state index contributed by atoms with van der Waals surface area (Å²) in [6.07, 6.45) is 9.61. The summed E-state index contributed by atoms with van der Waals surface area (Å²) in [5, 5.41) is 3.17. The van der Waals surface area contributed by atoms with Crippen LogP contribution >= 0.6 is 0 Å². The second kappa shape index (κ2) is 9.20. The van der Waals surface area contributed by atoms with E-state index in [0.29, 0.717) is 24.2 Å². The van der Waals surface area contributed by atoms with Gasteiger partial charge < -0.3 is 16.8 Å². The van der Waals surface area contributed by atoms with Gasteiger partial charge in [0.1, 0.15) is 0 Å². The Morgan fingerprint density at radius 2 is 1.77 bits per heavy atom. The lowest BCUT2D eigenvalue weighted by atomic mass is 9.56. The third-order valence-corrected chi connectivity index (χ3v) is 7.02. The predicted octanol–water partition coefficient (Wildman–Crippen LogP) is 2.96. The van der Waals surface area contributed by atoms with Crippen molar-refractivity contribution in [2.24, 2.45) is 40.6 Å². The van der Waals surface area contributed by atoms with Gasteiger partial charge in [0.05, 0.1) is 12.0 Å². The lowest BCUT2D eigenvalue weighted by Crippen LogP contribution is -2.54. The first kappa shape index (κ1) is 21.2. The maximum Gasteiger partial charge on any atom is 0.233 e. The van der Waals surface area contributed by atoms with Crippen LogP contribution in [-0.2, 0) is 9.59 Å². The fourth-order valence-corrected chi connectivity index (χ4v) is 5.74. The van der Waals surface area contributed by atoms with E-state index in [1.807, 2.05) is 0 Å². The van der Waals surface area contributed by atoms with Crippen LogP contribution in [0.15, 0.2) is 0 Å². The molecule has 2 amide bonds. The van der Waals surface area contributed by atoms with Crippen LogP contribution in [0.1, 0.15) is 78.6 Å². The molecule has 0 radical (unpaired) electrons. The normalized spacial score (nSPS) is 31.6. The van der Waals surface area contributed by atoms with Crippen LogP contribution in [-0.4, -0.2) is 24.4 Å². The molecule has 0 aliphatic heterocycles. The molecule has 150 valence electrons. The first-order valence-electron chi connectivity index (χ1n) is 10.6. The number of nitrogens with two attached hydrogens (primary N) is 2. The maximum absolute atomic E-state index is 12.8. The number of primary amides is 1. The summed E-state index contributed by atoms with van der Waals surface area (Å²) in [6.45, 7) is 6.62. The Labute approximate surface area is 159 Å². The average molecular weight is 366 g/mol. The molecule has 0 spiro atoms. The molecular formula is C21H39N3O2. The summed E-state index contributed by atoms with van der Waals surface area (Å²) in [5.74, 6) is 1.33. The predicted molar refractivity (Wildman–Crippen MR) is 105 cm³/mol. The maximum atomic E-state index is 12.8. The van der Waals surface area contributed by atoms with E-state index in [1.54, 1.807) is 0 Å². The first-order chi connectivity index (χ1) is 12.3. The number of carbonyl (C=O) groups excluding carboxylic acids is 2. The third-order valence-electron chi connectivity index (χ3n) is 7.02. The van der Waals surface area contributed by atoms with E-state index < -0.39 is 5.41 Å². The van der Waals surface area contributed by atoms with Crippen molar-refractivity contribution < 1.29 is 9.59 Å². The van der Waals surface area contributed by atoms with Crippen LogP contribution in [0.4, 0.5) is 0 Å². The van der Waals surface area contributed by atoms with Crippen molar-refractivity contribution in [1.82, 2.24) is 5.32 Å². The Hall–Kier alpha value is -1.10. The van der Waals surface area contributed by atoms with E-state index >= 15 is 0 Å². The summed E-state index contributed by atoms with van der Waals surface area (Å²) in [5.41, 5.74) is 11.1. The Bertz CT molecular complexity index is 488. The first-order valence-corrected chi connectivity index (χ1v) is 10.6. The number of hydrogen-bond acceptors (Lipinski definition) is 3. The molecule has 0 aromatic heterocycles. The van der Waals surface area contributed by atoms with Crippen LogP contribution in [0.5, 0.6) is 0 Å². The highest BCUT2D eigenvalue weighted by atomic mass is 16.2. The molecule has 2 aliphatic carbocycles. The molecule has 5 nitrogen and oxygen atoms in total. The summed E-state index contributed by atoms with van der Waals surface area (Å²) in [7, 11) is 0. The molecule has 4 atom stereocenters. The van der Waals surface area contributed by atoms with Crippen LogP contribution in [0.3, 0.4) is 0 Å². The second-order valence-corrected chi connectivity index (χ2v) is 9.24. The molecule has 5 heteroatoms. The molecule has 5 N–H and O–H groups in total. The molecule has 0 aromatic rings. The van der Waals surface area contributed by atoms with Gasteiger partial charge in [0.2, 0.25) is 11.8 Å². The largest absolute Gasteiger partial charge is 0.369 e. The van der Waals surface area contributed by atoms with E-state index in [4.69, 9.17) is 11.5 Å². The lowest BCUT2D eigenvalue weighted by molar-refractivity contribution is -0.139. The van der Waals surface area contributed by atoms with Crippen molar-refractivity contribution in [3.05, 3.63) is 0 Å². The highest BCUT2D eigenvalue weighted by molar-refractivity contribution is 5.82. The fourth-order valence-electron chi connectivity index (χ4n) is 5.74. The van der Waals surface area contributed by atoms with Crippen molar-refractivity contribution in [2.45, 2.75) is 84.6 Å². The second-order valence-electron chi connectivity index (χ2n) is 9.24. The van der Waals surface area contributed by atoms with Gasteiger partial charge in [0.15, 0.2) is 0 Å². The number of rotatable bonds is 7. The molecule has 2 saturated carbocycles. The zero-order valence-corrected chi connectivity index (χ0v) is 16.9. The summed E-state index contributed by atoms with van der Waals surface area (Å²) >= 11 is 0. The van der Waals surface area contributed by atoms with Gasteiger partial charge in [0.25, 0.3) is 0 Å². The summed E-state index contributed by atoms with van der Waals surface area (Å²) in [4.78, 5) is 24.9.